The molecule has 0 spiro atoms. The Kier molecular flexibility index (Phi) is 4.04. The average molecular weight is 330 g/mol. The Morgan fingerprint density at radius 3 is 2.61 bits per heavy atom. The van der Waals surface area contributed by atoms with E-state index in [2.05, 4.69) is 5.32 Å². The van der Waals surface area contributed by atoms with Gasteiger partial charge in [-0.1, -0.05) is 11.6 Å². The van der Waals surface area contributed by atoms with Gasteiger partial charge in [-0.3, -0.25) is 9.59 Å². The van der Waals surface area contributed by atoms with Gasteiger partial charge in [0.25, 0.3) is 5.91 Å². The van der Waals surface area contributed by atoms with Crippen LogP contribution in [0.4, 0.5) is 5.69 Å². The van der Waals surface area contributed by atoms with Gasteiger partial charge in [0.15, 0.2) is 23.4 Å². The second kappa shape index (κ2) is 6.14. The van der Waals surface area contributed by atoms with Gasteiger partial charge in [-0.2, -0.15) is 0 Å². The molecule has 0 radical (unpaired) electrons. The van der Waals surface area contributed by atoms with Crippen LogP contribution in [0.25, 0.3) is 11.0 Å². The van der Waals surface area contributed by atoms with Gasteiger partial charge in [0.1, 0.15) is 0 Å². The third-order valence-electron chi connectivity index (χ3n) is 3.35. The van der Waals surface area contributed by atoms with Gasteiger partial charge in [-0.15, -0.1) is 0 Å². The number of nitrogens with one attached hydrogen (secondary N) is 1. The second-order valence-electron chi connectivity index (χ2n) is 4.79. The molecule has 0 fully saturated rings. The fraction of sp³-hybridized carbons (Fsp3) is 0.0588. The summed E-state index contributed by atoms with van der Waals surface area (Å²) in [6.45, 7) is 0. The lowest BCUT2D eigenvalue weighted by atomic mass is 10.1. The number of carbonyl (C=O) groups is 2. The van der Waals surface area contributed by atoms with E-state index in [0.29, 0.717) is 39.3 Å². The molecule has 1 heterocycles. The smallest absolute Gasteiger partial charge is 0.291 e. The van der Waals surface area contributed by atoms with Gasteiger partial charge in [0.05, 0.1) is 7.11 Å². The Bertz CT molecular complexity index is 883. The number of benzene rings is 2. The predicted molar refractivity (Wildman–Crippen MR) is 87.6 cm³/mol. The zero-order valence-corrected chi connectivity index (χ0v) is 12.9. The van der Waals surface area contributed by atoms with Gasteiger partial charge in [0.2, 0.25) is 0 Å². The number of anilines is 1. The molecule has 0 saturated heterocycles. The molecule has 3 rings (SSSR count). The van der Waals surface area contributed by atoms with E-state index in [4.69, 9.17) is 20.8 Å². The number of carbonyl (C=O) groups excluding carboxylic acids is 2. The predicted octanol–water partition coefficient (Wildman–Crippen LogP) is 4.16. The van der Waals surface area contributed by atoms with Crippen molar-refractivity contribution in [1.82, 2.24) is 0 Å². The molecule has 0 aliphatic carbocycles. The van der Waals surface area contributed by atoms with Gasteiger partial charge in [0, 0.05) is 21.7 Å². The number of amides is 1. The number of methoxy groups -OCH3 is 1. The summed E-state index contributed by atoms with van der Waals surface area (Å²) in [6.07, 6.45) is 0.707. The third kappa shape index (κ3) is 2.91. The molecule has 116 valence electrons. The molecular formula is C17H12ClNO4. The van der Waals surface area contributed by atoms with Gasteiger partial charge in [-0.05, 0) is 42.5 Å². The van der Waals surface area contributed by atoms with Crippen molar-refractivity contribution in [1.29, 1.82) is 0 Å². The first kappa shape index (κ1) is 15.1. The number of hydrogen-bond acceptors (Lipinski definition) is 4. The first-order valence-electron chi connectivity index (χ1n) is 6.75. The minimum absolute atomic E-state index is 0.0857. The van der Waals surface area contributed by atoms with E-state index < -0.39 is 5.91 Å². The van der Waals surface area contributed by atoms with Crippen LogP contribution >= 0.6 is 11.6 Å². The number of fused-ring (bicyclic) bond motifs is 1. The van der Waals surface area contributed by atoms with Gasteiger partial charge < -0.3 is 14.5 Å². The largest absolute Gasteiger partial charge is 0.493 e. The van der Waals surface area contributed by atoms with Crippen LogP contribution in [0.2, 0.25) is 5.02 Å². The maximum absolute atomic E-state index is 12.3. The van der Waals surface area contributed by atoms with Crippen LogP contribution in [-0.4, -0.2) is 19.3 Å². The third-order valence-corrected chi connectivity index (χ3v) is 3.61. The summed E-state index contributed by atoms with van der Waals surface area (Å²) in [5.41, 5.74) is 1.37. The lowest BCUT2D eigenvalue weighted by Gasteiger charge is -2.03. The van der Waals surface area contributed by atoms with Crippen molar-refractivity contribution in [3.8, 4) is 5.75 Å². The zero-order valence-electron chi connectivity index (χ0n) is 12.1. The highest BCUT2D eigenvalue weighted by Crippen LogP contribution is 2.31. The number of halogens is 1. The van der Waals surface area contributed by atoms with Crippen molar-refractivity contribution in [2.75, 3.05) is 12.4 Å². The fourth-order valence-corrected chi connectivity index (χ4v) is 2.35. The van der Waals surface area contributed by atoms with E-state index in [1.165, 1.54) is 13.2 Å². The summed E-state index contributed by atoms with van der Waals surface area (Å²) in [5.74, 6) is 0.112. The van der Waals surface area contributed by atoms with Crippen molar-refractivity contribution >= 4 is 40.5 Å². The molecule has 1 amide bonds. The van der Waals surface area contributed by atoms with Gasteiger partial charge in [-0.25, -0.2) is 0 Å². The number of rotatable bonds is 4. The molecule has 5 nitrogen and oxygen atoms in total. The molecule has 1 aromatic heterocycles. The summed E-state index contributed by atoms with van der Waals surface area (Å²) in [6, 6.07) is 11.5. The maximum Gasteiger partial charge on any atom is 0.291 e. The minimum Gasteiger partial charge on any atom is -0.493 e. The normalized spacial score (nSPS) is 10.5. The van der Waals surface area contributed by atoms with Crippen molar-refractivity contribution in [3.05, 3.63) is 58.8 Å². The number of hydrogen-bond donors (Lipinski definition) is 1. The number of aldehydes is 1. The Hall–Kier alpha value is -2.79. The molecule has 23 heavy (non-hydrogen) atoms. The topological polar surface area (TPSA) is 68.5 Å². The first-order valence-corrected chi connectivity index (χ1v) is 7.13. The summed E-state index contributed by atoms with van der Waals surface area (Å²) >= 11 is 5.81. The lowest BCUT2D eigenvalue weighted by molar-refractivity contribution is 0.0998. The van der Waals surface area contributed by atoms with Crippen LogP contribution in [-0.2, 0) is 0 Å². The second-order valence-corrected chi connectivity index (χ2v) is 5.23. The van der Waals surface area contributed by atoms with E-state index in [9.17, 15) is 9.59 Å². The van der Waals surface area contributed by atoms with E-state index in [1.54, 1.807) is 36.4 Å². The Morgan fingerprint density at radius 1 is 1.22 bits per heavy atom. The van der Waals surface area contributed by atoms with Crippen LogP contribution in [0, 0.1) is 0 Å². The highest BCUT2D eigenvalue weighted by Gasteiger charge is 2.17. The van der Waals surface area contributed by atoms with E-state index in [1.807, 2.05) is 0 Å². The fourth-order valence-electron chi connectivity index (χ4n) is 2.22. The molecular weight excluding hydrogens is 318 g/mol. The quantitative estimate of drug-likeness (QED) is 0.730. The Labute approximate surface area is 136 Å². The summed E-state index contributed by atoms with van der Waals surface area (Å²) in [4.78, 5) is 23.4. The van der Waals surface area contributed by atoms with E-state index >= 15 is 0 Å². The molecule has 1 N–H and O–H groups in total. The zero-order chi connectivity index (χ0) is 16.4. The minimum atomic E-state index is -0.428. The van der Waals surface area contributed by atoms with Crippen molar-refractivity contribution in [2.45, 2.75) is 0 Å². The molecule has 3 aromatic rings. The van der Waals surface area contributed by atoms with Crippen molar-refractivity contribution in [2.24, 2.45) is 0 Å². The number of ether oxygens (including phenoxy) is 1. The molecule has 6 heteroatoms. The highest BCUT2D eigenvalue weighted by atomic mass is 35.5. The van der Waals surface area contributed by atoms with Crippen LogP contribution in [0.15, 0.2) is 46.9 Å². The molecule has 2 aromatic carbocycles. The monoisotopic (exact) mass is 329 g/mol. The van der Waals surface area contributed by atoms with Crippen LogP contribution < -0.4 is 10.1 Å². The van der Waals surface area contributed by atoms with Crippen molar-refractivity contribution in [3.63, 3.8) is 0 Å². The molecule has 0 atom stereocenters. The lowest BCUT2D eigenvalue weighted by Crippen LogP contribution is -2.10. The van der Waals surface area contributed by atoms with E-state index in [-0.39, 0.29) is 5.76 Å². The SMILES string of the molecule is COc1ccc(C=O)c2cc(C(=O)Nc3ccc(Cl)cc3)oc12. The highest BCUT2D eigenvalue weighted by molar-refractivity contribution is 6.30. The van der Waals surface area contributed by atoms with E-state index in [0.717, 1.165) is 0 Å². The van der Waals surface area contributed by atoms with Crippen molar-refractivity contribution < 1.29 is 18.7 Å². The first-order chi connectivity index (χ1) is 11.1. The average Bonchev–Trinajstić information content (AvgIpc) is 3.01. The van der Waals surface area contributed by atoms with Crippen LogP contribution in [0.1, 0.15) is 20.9 Å². The maximum atomic E-state index is 12.3. The summed E-state index contributed by atoms with van der Waals surface area (Å²) in [5, 5.41) is 3.81. The van der Waals surface area contributed by atoms with Crippen LogP contribution in [0.3, 0.4) is 0 Å². The standard InChI is InChI=1S/C17H12ClNO4/c1-22-14-7-2-10(9-20)13-8-15(23-16(13)14)17(21)19-12-5-3-11(18)4-6-12/h2-9H,1H3,(H,19,21). The molecule has 0 unspecified atom stereocenters. The number of furan rings is 1. The molecule has 0 bridgehead atoms. The molecule has 0 aliphatic rings. The molecule has 0 aliphatic heterocycles. The molecule has 0 saturated carbocycles. The van der Waals surface area contributed by atoms with Crippen LogP contribution in [0.5, 0.6) is 5.75 Å². The summed E-state index contributed by atoms with van der Waals surface area (Å²) < 4.78 is 10.8. The van der Waals surface area contributed by atoms with Gasteiger partial charge >= 0.3 is 0 Å². The Morgan fingerprint density at radius 2 is 1.96 bits per heavy atom. The Balaban J connectivity index is 1.97. The summed E-state index contributed by atoms with van der Waals surface area (Å²) in [7, 11) is 1.49.